The average Bonchev–Trinajstić information content (AvgIpc) is 3.20. The van der Waals surface area contributed by atoms with Crippen LogP contribution in [0.5, 0.6) is 5.75 Å². The minimum atomic E-state index is 0.534. The number of anilines is 1. The summed E-state index contributed by atoms with van der Waals surface area (Å²) in [5, 5.41) is 3.35. The second-order valence-electron chi connectivity index (χ2n) is 4.71. The Kier molecular flexibility index (Phi) is 3.84. The van der Waals surface area contributed by atoms with Gasteiger partial charge in [-0.1, -0.05) is 0 Å². The molecule has 17 heavy (non-hydrogen) atoms. The Balaban J connectivity index is 1.79. The van der Waals surface area contributed by atoms with Crippen molar-refractivity contribution < 1.29 is 4.74 Å². The molecular weight excluding hydrogens is 214 g/mol. The van der Waals surface area contributed by atoms with Gasteiger partial charge in [0.05, 0.1) is 13.3 Å². The first-order chi connectivity index (χ1) is 8.20. The molecule has 4 heteroatoms. The van der Waals surface area contributed by atoms with E-state index in [1.165, 1.54) is 12.8 Å². The van der Waals surface area contributed by atoms with E-state index < -0.39 is 0 Å². The summed E-state index contributed by atoms with van der Waals surface area (Å²) in [7, 11) is 3.85. The summed E-state index contributed by atoms with van der Waals surface area (Å²) in [6, 6.07) is 5.20. The number of nitrogens with zero attached hydrogens (tertiary/aromatic N) is 2. The van der Waals surface area contributed by atoms with Crippen molar-refractivity contribution >= 4 is 5.82 Å². The maximum absolute atomic E-state index is 5.07. The molecule has 1 aliphatic rings. The normalized spacial score (nSPS) is 16.9. The molecule has 1 unspecified atom stereocenters. The maximum Gasteiger partial charge on any atom is 0.137 e. The lowest BCUT2D eigenvalue weighted by Crippen LogP contribution is -2.36. The zero-order valence-corrected chi connectivity index (χ0v) is 10.8. The van der Waals surface area contributed by atoms with Crippen molar-refractivity contribution in [3.8, 4) is 5.75 Å². The van der Waals surface area contributed by atoms with Gasteiger partial charge in [-0.2, -0.15) is 0 Å². The number of pyridine rings is 1. The van der Waals surface area contributed by atoms with Crippen LogP contribution >= 0.6 is 0 Å². The molecule has 0 aliphatic heterocycles. The standard InChI is InChI=1S/C13H21N3O/c1-10(16(2)11-4-5-11)8-14-13-7-6-12(17-3)9-15-13/h6-7,9-11H,4-5,8H2,1-3H3,(H,14,15). The van der Waals surface area contributed by atoms with Crippen molar-refractivity contribution in [2.45, 2.75) is 31.8 Å². The molecule has 1 aliphatic carbocycles. The molecule has 1 saturated carbocycles. The monoisotopic (exact) mass is 235 g/mol. The zero-order valence-electron chi connectivity index (χ0n) is 10.8. The first kappa shape index (κ1) is 12.2. The van der Waals surface area contributed by atoms with Gasteiger partial charge in [0.25, 0.3) is 0 Å². The van der Waals surface area contributed by atoms with E-state index in [0.717, 1.165) is 24.2 Å². The fourth-order valence-corrected chi connectivity index (χ4v) is 1.84. The summed E-state index contributed by atoms with van der Waals surface area (Å²) in [5.74, 6) is 1.69. The summed E-state index contributed by atoms with van der Waals surface area (Å²) in [4.78, 5) is 6.73. The molecule has 1 atom stereocenters. The predicted molar refractivity (Wildman–Crippen MR) is 69.5 cm³/mol. The van der Waals surface area contributed by atoms with Gasteiger partial charge < -0.3 is 10.1 Å². The van der Waals surface area contributed by atoms with Gasteiger partial charge in [0.2, 0.25) is 0 Å². The van der Waals surface area contributed by atoms with E-state index in [9.17, 15) is 0 Å². The van der Waals surface area contributed by atoms with Crippen LogP contribution < -0.4 is 10.1 Å². The van der Waals surface area contributed by atoms with Gasteiger partial charge in [-0.3, -0.25) is 4.90 Å². The van der Waals surface area contributed by atoms with Crippen molar-refractivity contribution in [2.75, 3.05) is 26.0 Å². The van der Waals surface area contributed by atoms with E-state index >= 15 is 0 Å². The summed E-state index contributed by atoms with van der Waals surface area (Å²) in [5.41, 5.74) is 0. The molecule has 1 heterocycles. The van der Waals surface area contributed by atoms with Crippen LogP contribution in [0.4, 0.5) is 5.82 Å². The molecule has 0 saturated heterocycles. The van der Waals surface area contributed by atoms with Crippen molar-refractivity contribution in [1.82, 2.24) is 9.88 Å². The lowest BCUT2D eigenvalue weighted by molar-refractivity contribution is 0.257. The van der Waals surface area contributed by atoms with Crippen LogP contribution in [0.3, 0.4) is 0 Å². The number of methoxy groups -OCH3 is 1. The average molecular weight is 235 g/mol. The summed E-state index contributed by atoms with van der Waals surface area (Å²) in [6.45, 7) is 3.17. The topological polar surface area (TPSA) is 37.4 Å². The summed E-state index contributed by atoms with van der Waals surface area (Å²) < 4.78 is 5.07. The van der Waals surface area contributed by atoms with E-state index in [1.807, 2.05) is 12.1 Å². The molecule has 4 nitrogen and oxygen atoms in total. The van der Waals surface area contributed by atoms with Gasteiger partial charge in [0, 0.05) is 18.6 Å². The summed E-state index contributed by atoms with van der Waals surface area (Å²) >= 11 is 0. The third kappa shape index (κ3) is 3.33. The molecule has 0 amide bonds. The lowest BCUT2D eigenvalue weighted by Gasteiger charge is -2.24. The number of nitrogens with one attached hydrogen (secondary N) is 1. The minimum Gasteiger partial charge on any atom is -0.495 e. The minimum absolute atomic E-state index is 0.534. The Bertz CT molecular complexity index is 348. The lowest BCUT2D eigenvalue weighted by atomic mass is 10.3. The zero-order chi connectivity index (χ0) is 12.3. The summed E-state index contributed by atoms with van der Waals surface area (Å²) in [6.07, 6.45) is 4.43. The Labute approximate surface area is 103 Å². The number of hydrogen-bond donors (Lipinski definition) is 1. The van der Waals surface area contributed by atoms with Crippen LogP contribution in [-0.2, 0) is 0 Å². The third-order valence-corrected chi connectivity index (χ3v) is 3.37. The molecule has 1 N–H and O–H groups in total. The fourth-order valence-electron chi connectivity index (χ4n) is 1.84. The number of ether oxygens (including phenoxy) is 1. The van der Waals surface area contributed by atoms with E-state index in [1.54, 1.807) is 13.3 Å². The van der Waals surface area contributed by atoms with Crippen molar-refractivity contribution in [1.29, 1.82) is 0 Å². The van der Waals surface area contributed by atoms with Gasteiger partial charge in [-0.25, -0.2) is 4.98 Å². The van der Waals surface area contributed by atoms with E-state index in [4.69, 9.17) is 4.74 Å². The van der Waals surface area contributed by atoms with Crippen molar-refractivity contribution in [2.24, 2.45) is 0 Å². The SMILES string of the molecule is COc1ccc(NCC(C)N(C)C2CC2)nc1. The van der Waals surface area contributed by atoms with Crippen molar-refractivity contribution in [3.05, 3.63) is 18.3 Å². The molecule has 1 fully saturated rings. The van der Waals surface area contributed by atoms with Gasteiger partial charge in [-0.05, 0) is 38.9 Å². The molecule has 2 rings (SSSR count). The number of rotatable bonds is 6. The van der Waals surface area contributed by atoms with Gasteiger partial charge >= 0.3 is 0 Å². The highest BCUT2D eigenvalue weighted by Crippen LogP contribution is 2.26. The molecular formula is C13H21N3O. The Morgan fingerprint density at radius 3 is 2.82 bits per heavy atom. The largest absolute Gasteiger partial charge is 0.495 e. The highest BCUT2D eigenvalue weighted by atomic mass is 16.5. The van der Waals surface area contributed by atoms with E-state index in [-0.39, 0.29) is 0 Å². The Hall–Kier alpha value is -1.29. The first-order valence-electron chi connectivity index (χ1n) is 6.16. The second-order valence-corrected chi connectivity index (χ2v) is 4.71. The molecule has 0 aromatic carbocycles. The predicted octanol–water partition coefficient (Wildman–Crippen LogP) is 1.98. The number of aromatic nitrogens is 1. The smallest absolute Gasteiger partial charge is 0.137 e. The van der Waals surface area contributed by atoms with Gasteiger partial charge in [0.1, 0.15) is 11.6 Å². The highest BCUT2D eigenvalue weighted by Gasteiger charge is 2.28. The number of hydrogen-bond acceptors (Lipinski definition) is 4. The van der Waals surface area contributed by atoms with Crippen LogP contribution in [0.25, 0.3) is 0 Å². The maximum atomic E-state index is 5.07. The quantitative estimate of drug-likeness (QED) is 0.818. The molecule has 0 radical (unpaired) electrons. The number of likely N-dealkylation sites (N-methyl/N-ethyl adjacent to an activating group) is 1. The van der Waals surface area contributed by atoms with Crippen LogP contribution in [0.15, 0.2) is 18.3 Å². The van der Waals surface area contributed by atoms with Crippen LogP contribution in [0, 0.1) is 0 Å². The molecule has 0 spiro atoms. The Morgan fingerprint density at radius 1 is 1.53 bits per heavy atom. The van der Waals surface area contributed by atoms with Gasteiger partial charge in [-0.15, -0.1) is 0 Å². The van der Waals surface area contributed by atoms with Gasteiger partial charge in [0.15, 0.2) is 0 Å². The van der Waals surface area contributed by atoms with Crippen LogP contribution in [0.2, 0.25) is 0 Å². The van der Waals surface area contributed by atoms with Crippen LogP contribution in [-0.4, -0.2) is 42.7 Å². The highest BCUT2D eigenvalue weighted by molar-refractivity contribution is 5.37. The van der Waals surface area contributed by atoms with E-state index in [0.29, 0.717) is 6.04 Å². The first-order valence-corrected chi connectivity index (χ1v) is 6.16. The molecule has 1 aromatic rings. The Morgan fingerprint density at radius 2 is 2.29 bits per heavy atom. The second kappa shape index (κ2) is 5.36. The van der Waals surface area contributed by atoms with Crippen LogP contribution in [0.1, 0.15) is 19.8 Å². The van der Waals surface area contributed by atoms with E-state index in [2.05, 4.69) is 29.2 Å². The molecule has 0 bridgehead atoms. The fraction of sp³-hybridized carbons (Fsp3) is 0.615. The third-order valence-electron chi connectivity index (χ3n) is 3.37. The molecule has 94 valence electrons. The molecule has 1 aromatic heterocycles. The van der Waals surface area contributed by atoms with Crippen molar-refractivity contribution in [3.63, 3.8) is 0 Å².